The zero-order chi connectivity index (χ0) is 14.3. The van der Waals surface area contributed by atoms with Crippen molar-refractivity contribution in [1.29, 1.82) is 0 Å². The SMILES string of the molecule is S=P(c1ccc(Br)s1)(c1ccc(Br)s1)c1ccc(Br)s1. The van der Waals surface area contributed by atoms with Crippen LogP contribution in [-0.4, -0.2) is 0 Å². The van der Waals surface area contributed by atoms with Gasteiger partial charge < -0.3 is 0 Å². The lowest BCUT2D eigenvalue weighted by Gasteiger charge is -2.17. The molecule has 0 fully saturated rings. The van der Waals surface area contributed by atoms with E-state index in [1.807, 2.05) is 0 Å². The van der Waals surface area contributed by atoms with E-state index in [2.05, 4.69) is 84.2 Å². The topological polar surface area (TPSA) is 0 Å². The minimum Gasteiger partial charge on any atom is -0.127 e. The molecule has 0 bridgehead atoms. The Morgan fingerprint density at radius 1 is 0.650 bits per heavy atom. The monoisotopic (exact) mass is 546 g/mol. The Balaban J connectivity index is 2.25. The van der Waals surface area contributed by atoms with Crippen molar-refractivity contribution in [2.45, 2.75) is 0 Å². The second kappa shape index (κ2) is 6.36. The summed E-state index contributed by atoms with van der Waals surface area (Å²) in [4.78, 5) is 0. The van der Waals surface area contributed by atoms with Gasteiger partial charge in [0.05, 0.1) is 17.4 Å². The number of halogens is 3. The normalized spacial score (nSPS) is 11.9. The van der Waals surface area contributed by atoms with E-state index in [0.29, 0.717) is 0 Å². The van der Waals surface area contributed by atoms with Gasteiger partial charge in [0.15, 0.2) is 0 Å². The van der Waals surface area contributed by atoms with Crippen molar-refractivity contribution < 1.29 is 0 Å². The van der Waals surface area contributed by atoms with E-state index < -0.39 is 6.04 Å². The van der Waals surface area contributed by atoms with Crippen molar-refractivity contribution >= 4 is 113 Å². The van der Waals surface area contributed by atoms with Crippen molar-refractivity contribution in [2.75, 3.05) is 0 Å². The minimum atomic E-state index is -1.92. The highest BCUT2D eigenvalue weighted by Crippen LogP contribution is 2.49. The zero-order valence-electron chi connectivity index (χ0n) is 9.68. The Hall–Kier alpha value is 1.19. The van der Waals surface area contributed by atoms with E-state index in [1.165, 1.54) is 13.9 Å². The molecule has 0 saturated carbocycles. The molecule has 3 aromatic heterocycles. The predicted octanol–water partition coefficient (Wildman–Crippen LogP) is 5.91. The van der Waals surface area contributed by atoms with Crippen LogP contribution in [0.25, 0.3) is 0 Å². The molecule has 0 aliphatic heterocycles. The molecule has 0 atom stereocenters. The minimum absolute atomic E-state index is 1.13. The van der Waals surface area contributed by atoms with Gasteiger partial charge in [0.2, 0.25) is 0 Å². The average Bonchev–Trinajstić information content (AvgIpc) is 3.10. The number of thiophene rings is 3. The third-order valence-electron chi connectivity index (χ3n) is 2.61. The third kappa shape index (κ3) is 2.98. The first-order valence-electron chi connectivity index (χ1n) is 5.38. The van der Waals surface area contributed by atoms with Gasteiger partial charge in [0.25, 0.3) is 0 Å². The van der Waals surface area contributed by atoms with Gasteiger partial charge in [-0.3, -0.25) is 0 Å². The Morgan fingerprint density at radius 2 is 0.950 bits per heavy atom. The fraction of sp³-hybridized carbons (Fsp3) is 0. The standard InChI is InChI=1S/C12H6Br3PS4/c13-7-1-4-10(18-7)16(17,11-5-2-8(14)19-11)12-6-3-9(15)20-12/h1-6H. The maximum atomic E-state index is 6.22. The molecular weight excluding hydrogens is 543 g/mol. The molecule has 0 aliphatic carbocycles. The van der Waals surface area contributed by atoms with Crippen LogP contribution in [0.3, 0.4) is 0 Å². The summed E-state index contributed by atoms with van der Waals surface area (Å²) in [6.07, 6.45) is 0. The summed E-state index contributed by atoms with van der Waals surface area (Å²) >= 11 is 22.1. The van der Waals surface area contributed by atoms with Crippen molar-refractivity contribution in [3.05, 3.63) is 47.8 Å². The third-order valence-corrected chi connectivity index (χ3v) is 15.3. The van der Waals surface area contributed by atoms with E-state index in [4.69, 9.17) is 11.8 Å². The first-order valence-corrected chi connectivity index (χ1v) is 13.0. The molecule has 0 unspecified atom stereocenters. The molecule has 3 rings (SSSR count). The van der Waals surface area contributed by atoms with Crippen LogP contribution < -0.4 is 13.9 Å². The van der Waals surface area contributed by atoms with Gasteiger partial charge in [-0.05, 0) is 84.2 Å². The Bertz CT molecular complexity index is 696. The van der Waals surface area contributed by atoms with Crippen LogP contribution in [0.5, 0.6) is 0 Å². The van der Waals surface area contributed by atoms with Crippen molar-refractivity contribution in [1.82, 2.24) is 0 Å². The summed E-state index contributed by atoms with van der Waals surface area (Å²) in [6, 6.07) is 10.8. The molecule has 0 nitrogen and oxygen atoms in total. The quantitative estimate of drug-likeness (QED) is 0.366. The second-order valence-corrected chi connectivity index (χ2v) is 16.4. The smallest absolute Gasteiger partial charge is 0.0705 e. The van der Waals surface area contributed by atoms with Gasteiger partial charge in [-0.1, -0.05) is 11.8 Å². The van der Waals surface area contributed by atoms with E-state index in [1.54, 1.807) is 34.0 Å². The van der Waals surface area contributed by atoms with Crippen molar-refractivity contribution in [3.63, 3.8) is 0 Å². The second-order valence-electron chi connectivity index (χ2n) is 3.84. The number of hydrogen-bond acceptors (Lipinski definition) is 4. The van der Waals surface area contributed by atoms with Crippen molar-refractivity contribution in [3.8, 4) is 0 Å². The highest BCUT2D eigenvalue weighted by atomic mass is 79.9. The zero-order valence-corrected chi connectivity index (χ0v) is 18.6. The fourth-order valence-corrected chi connectivity index (χ4v) is 14.0. The molecule has 0 amide bonds. The molecule has 0 radical (unpaired) electrons. The van der Waals surface area contributed by atoms with Gasteiger partial charge in [-0.15, -0.1) is 34.0 Å². The molecule has 3 heterocycles. The lowest BCUT2D eigenvalue weighted by atomic mass is 10.7. The van der Waals surface area contributed by atoms with E-state index in [0.717, 1.165) is 11.4 Å². The van der Waals surface area contributed by atoms with E-state index >= 15 is 0 Å². The molecule has 0 saturated heterocycles. The Morgan fingerprint density at radius 3 is 1.15 bits per heavy atom. The predicted molar refractivity (Wildman–Crippen MR) is 109 cm³/mol. The summed E-state index contributed by atoms with van der Waals surface area (Å²) in [6.45, 7) is 0. The van der Waals surface area contributed by atoms with Gasteiger partial charge in [-0.25, -0.2) is 0 Å². The molecular formula is C12H6Br3PS4. The molecule has 104 valence electrons. The highest BCUT2D eigenvalue weighted by molar-refractivity contribution is 9.11. The summed E-state index contributed by atoms with van der Waals surface area (Å²) < 4.78 is 7.24. The van der Waals surface area contributed by atoms with E-state index in [9.17, 15) is 0 Å². The average molecular weight is 549 g/mol. The molecule has 0 N–H and O–H groups in total. The first-order chi connectivity index (χ1) is 9.50. The van der Waals surface area contributed by atoms with Crippen LogP contribution in [0.2, 0.25) is 0 Å². The molecule has 0 aromatic carbocycles. The first kappa shape index (κ1) is 16.1. The largest absolute Gasteiger partial charge is 0.127 e. The van der Waals surface area contributed by atoms with Gasteiger partial charge in [-0.2, -0.15) is 0 Å². The van der Waals surface area contributed by atoms with Crippen LogP contribution in [0.4, 0.5) is 0 Å². The number of rotatable bonds is 3. The van der Waals surface area contributed by atoms with Gasteiger partial charge in [0.1, 0.15) is 0 Å². The summed E-state index contributed by atoms with van der Waals surface area (Å²) in [7, 11) is 0. The lowest BCUT2D eigenvalue weighted by Crippen LogP contribution is -2.18. The Kier molecular flexibility index (Phi) is 5.11. The highest BCUT2D eigenvalue weighted by Gasteiger charge is 2.29. The van der Waals surface area contributed by atoms with Gasteiger partial charge in [0, 0.05) is 13.9 Å². The summed E-state index contributed by atoms with van der Waals surface area (Å²) in [5, 5.41) is 0. The van der Waals surface area contributed by atoms with Crippen LogP contribution in [0.1, 0.15) is 0 Å². The number of hydrogen-bond donors (Lipinski definition) is 0. The lowest BCUT2D eigenvalue weighted by molar-refractivity contribution is 1.98. The maximum absolute atomic E-state index is 6.22. The molecule has 8 heteroatoms. The molecule has 0 aliphatic rings. The summed E-state index contributed by atoms with van der Waals surface area (Å²) in [5.74, 6) is 0. The fourth-order valence-electron chi connectivity index (χ4n) is 1.75. The Labute approximate surface area is 159 Å². The maximum Gasteiger partial charge on any atom is 0.0705 e. The summed E-state index contributed by atoms with van der Waals surface area (Å²) in [5.41, 5.74) is 0. The van der Waals surface area contributed by atoms with E-state index in [-0.39, 0.29) is 0 Å². The van der Waals surface area contributed by atoms with Gasteiger partial charge >= 0.3 is 0 Å². The van der Waals surface area contributed by atoms with Crippen LogP contribution in [0.15, 0.2) is 47.8 Å². The molecule has 3 aromatic rings. The molecule has 20 heavy (non-hydrogen) atoms. The molecule has 0 spiro atoms. The van der Waals surface area contributed by atoms with Crippen LogP contribution in [-0.2, 0) is 11.8 Å². The van der Waals surface area contributed by atoms with Crippen LogP contribution >= 0.6 is 87.8 Å². The van der Waals surface area contributed by atoms with Crippen molar-refractivity contribution in [2.24, 2.45) is 0 Å². The van der Waals surface area contributed by atoms with Crippen LogP contribution in [0, 0.1) is 0 Å².